The van der Waals surface area contributed by atoms with Crippen LogP contribution in [0.1, 0.15) is 75.2 Å². The van der Waals surface area contributed by atoms with Crippen molar-refractivity contribution in [3.05, 3.63) is 62.4 Å². The minimum atomic E-state index is -3.46. The molecule has 0 spiro atoms. The largest absolute Gasteiger partial charge is 0.444 e. The van der Waals surface area contributed by atoms with Crippen LogP contribution in [0.3, 0.4) is 0 Å². The average molecular weight is 598 g/mol. The van der Waals surface area contributed by atoms with Crippen LogP contribution in [-0.4, -0.2) is 36.1 Å². The number of hydrogen-bond donors (Lipinski definition) is 1. The number of ether oxygens (including phenoxy) is 1. The second-order valence-corrected chi connectivity index (χ2v) is 14.0. The van der Waals surface area contributed by atoms with Crippen LogP contribution in [-0.2, 0) is 33.8 Å². The molecule has 0 fully saturated rings. The van der Waals surface area contributed by atoms with Gasteiger partial charge in [-0.3, -0.25) is 0 Å². The molecule has 1 heterocycles. The van der Waals surface area contributed by atoms with Gasteiger partial charge in [0.2, 0.25) is 0 Å². The molecule has 37 heavy (non-hydrogen) atoms. The van der Waals surface area contributed by atoms with Crippen LogP contribution in [0, 0.1) is 23.5 Å². The standard InChI is InChI=1S/C27H31BrF2N2O4S/c1-26(2,3)36-25(33)32-22(14-16-12-17(29)15-18(30)13-16)24-23(28)20-9-7-8-19(20)21(31-24)10-11-27(4,5)37(6,34)35/h12-13,15,22H,7-9,14H2,1-6H3,(H,32,33)/t22-/m0/s1. The van der Waals surface area contributed by atoms with Gasteiger partial charge in [0, 0.05) is 16.8 Å². The summed E-state index contributed by atoms with van der Waals surface area (Å²) in [6, 6.07) is 2.35. The summed E-state index contributed by atoms with van der Waals surface area (Å²) in [5, 5.41) is 2.79. The Bertz CT molecular complexity index is 1370. The number of nitrogens with zero attached hydrogens (tertiary/aromatic N) is 1. The zero-order chi connectivity index (χ0) is 27.8. The first-order valence-electron chi connectivity index (χ1n) is 11.9. The van der Waals surface area contributed by atoms with Crippen LogP contribution in [0.2, 0.25) is 0 Å². The van der Waals surface area contributed by atoms with E-state index in [2.05, 4.69) is 33.1 Å². The summed E-state index contributed by atoms with van der Waals surface area (Å²) in [6.45, 7) is 8.24. The Morgan fingerprint density at radius 2 is 1.73 bits per heavy atom. The van der Waals surface area contributed by atoms with E-state index >= 15 is 0 Å². The molecule has 1 N–H and O–H groups in total. The maximum atomic E-state index is 14.0. The summed E-state index contributed by atoms with van der Waals surface area (Å²) < 4.78 is 57.1. The van der Waals surface area contributed by atoms with Gasteiger partial charge in [0.25, 0.3) is 0 Å². The van der Waals surface area contributed by atoms with Crippen LogP contribution in [0.4, 0.5) is 13.6 Å². The number of aromatic nitrogens is 1. The molecule has 3 rings (SSSR count). The zero-order valence-corrected chi connectivity index (χ0v) is 24.2. The minimum absolute atomic E-state index is 0.0278. The lowest BCUT2D eigenvalue weighted by Crippen LogP contribution is -2.36. The molecular formula is C27H31BrF2N2O4S. The van der Waals surface area contributed by atoms with Crippen molar-refractivity contribution in [1.29, 1.82) is 0 Å². The molecule has 1 aromatic carbocycles. The van der Waals surface area contributed by atoms with Gasteiger partial charge in [-0.1, -0.05) is 5.92 Å². The number of hydrogen-bond acceptors (Lipinski definition) is 5. The van der Waals surface area contributed by atoms with Crippen molar-refractivity contribution in [3.8, 4) is 11.8 Å². The first-order valence-corrected chi connectivity index (χ1v) is 14.5. The normalized spacial score (nSPS) is 14.4. The van der Waals surface area contributed by atoms with Gasteiger partial charge in [-0.25, -0.2) is 27.0 Å². The number of pyridine rings is 1. The van der Waals surface area contributed by atoms with Gasteiger partial charge < -0.3 is 10.1 Å². The van der Waals surface area contributed by atoms with Gasteiger partial charge in [-0.05, 0) is 111 Å². The number of fused-ring (bicyclic) bond motifs is 1. The summed E-state index contributed by atoms with van der Waals surface area (Å²) in [5.41, 5.74) is 2.27. The Morgan fingerprint density at radius 1 is 1.14 bits per heavy atom. The second-order valence-electron chi connectivity index (χ2n) is 10.7. The highest BCUT2D eigenvalue weighted by Crippen LogP contribution is 2.36. The molecule has 1 atom stereocenters. The molecule has 1 amide bonds. The van der Waals surface area contributed by atoms with E-state index in [1.165, 1.54) is 26.0 Å². The Morgan fingerprint density at radius 3 is 2.30 bits per heavy atom. The third-order valence-corrected chi connectivity index (χ3v) is 8.86. The number of nitrogens with one attached hydrogen (secondary N) is 1. The molecule has 1 aliphatic rings. The number of sulfone groups is 1. The van der Waals surface area contributed by atoms with Crippen molar-refractivity contribution in [2.24, 2.45) is 0 Å². The van der Waals surface area contributed by atoms with Gasteiger partial charge in [0.15, 0.2) is 9.84 Å². The van der Waals surface area contributed by atoms with Crippen molar-refractivity contribution < 1.29 is 26.7 Å². The Labute approximate surface area is 225 Å². The summed E-state index contributed by atoms with van der Waals surface area (Å²) in [6.07, 6.45) is 2.77. The molecule has 1 aliphatic carbocycles. The maximum Gasteiger partial charge on any atom is 0.408 e. The highest BCUT2D eigenvalue weighted by Gasteiger charge is 2.30. The van der Waals surface area contributed by atoms with Crippen molar-refractivity contribution in [2.75, 3.05) is 6.26 Å². The average Bonchev–Trinajstić information content (AvgIpc) is 3.20. The van der Waals surface area contributed by atoms with Crippen molar-refractivity contribution in [2.45, 2.75) is 76.7 Å². The topological polar surface area (TPSA) is 85.4 Å². The number of benzene rings is 1. The minimum Gasteiger partial charge on any atom is -0.444 e. The SMILES string of the molecule is CC(C)(C)OC(=O)N[C@@H](Cc1cc(F)cc(F)c1)c1nc(C#CC(C)(C)S(C)(=O)=O)c2c(c1Br)CCC2. The number of amides is 1. The zero-order valence-electron chi connectivity index (χ0n) is 21.8. The summed E-state index contributed by atoms with van der Waals surface area (Å²) in [5.74, 6) is 4.33. The first-order chi connectivity index (χ1) is 17.0. The predicted molar refractivity (Wildman–Crippen MR) is 142 cm³/mol. The lowest BCUT2D eigenvalue weighted by atomic mass is 9.99. The van der Waals surface area contributed by atoms with Crippen LogP contribution in [0.5, 0.6) is 0 Å². The summed E-state index contributed by atoms with van der Waals surface area (Å²) in [7, 11) is -3.46. The number of carbonyl (C=O) groups is 1. The molecule has 0 bridgehead atoms. The quantitative estimate of drug-likeness (QED) is 0.454. The van der Waals surface area contributed by atoms with Crippen LogP contribution < -0.4 is 5.32 Å². The molecule has 0 unspecified atom stereocenters. The molecule has 0 saturated heterocycles. The lowest BCUT2D eigenvalue weighted by molar-refractivity contribution is 0.0502. The molecule has 6 nitrogen and oxygen atoms in total. The third-order valence-electron chi connectivity index (χ3n) is 6.02. The van der Waals surface area contributed by atoms with E-state index in [4.69, 9.17) is 9.72 Å². The monoisotopic (exact) mass is 596 g/mol. The van der Waals surface area contributed by atoms with E-state index in [1.54, 1.807) is 20.8 Å². The maximum absolute atomic E-state index is 14.0. The molecule has 2 aromatic rings. The van der Waals surface area contributed by atoms with E-state index in [0.29, 0.717) is 21.4 Å². The fourth-order valence-electron chi connectivity index (χ4n) is 3.91. The van der Waals surface area contributed by atoms with Crippen molar-refractivity contribution >= 4 is 31.9 Å². The van der Waals surface area contributed by atoms with E-state index in [-0.39, 0.29) is 6.42 Å². The number of rotatable bonds is 5. The smallest absolute Gasteiger partial charge is 0.408 e. The molecule has 10 heteroatoms. The molecule has 1 aromatic heterocycles. The number of carbonyl (C=O) groups excluding carboxylic acids is 1. The fraction of sp³-hybridized carbons (Fsp3) is 0.481. The van der Waals surface area contributed by atoms with Gasteiger partial charge >= 0.3 is 6.09 Å². The van der Waals surface area contributed by atoms with Crippen LogP contribution in [0.15, 0.2) is 22.7 Å². The highest BCUT2D eigenvalue weighted by atomic mass is 79.9. The molecular weight excluding hydrogens is 566 g/mol. The Balaban J connectivity index is 2.14. The first kappa shape index (κ1) is 29.1. The van der Waals surface area contributed by atoms with Crippen molar-refractivity contribution in [1.82, 2.24) is 10.3 Å². The summed E-state index contributed by atoms with van der Waals surface area (Å²) >= 11 is 3.64. The number of alkyl carbamates (subject to hydrolysis) is 1. The van der Waals surface area contributed by atoms with E-state index in [0.717, 1.165) is 42.7 Å². The fourth-order valence-corrected chi connectivity index (χ4v) is 4.94. The number of halogens is 3. The van der Waals surface area contributed by atoms with Gasteiger partial charge in [-0.15, -0.1) is 0 Å². The molecule has 0 saturated carbocycles. The molecule has 0 radical (unpaired) electrons. The van der Waals surface area contributed by atoms with Gasteiger partial charge in [-0.2, -0.15) is 0 Å². The lowest BCUT2D eigenvalue weighted by Gasteiger charge is -2.25. The van der Waals surface area contributed by atoms with E-state index in [1.807, 2.05) is 0 Å². The molecule has 0 aliphatic heterocycles. The molecule has 200 valence electrons. The van der Waals surface area contributed by atoms with Crippen molar-refractivity contribution in [3.63, 3.8) is 0 Å². The van der Waals surface area contributed by atoms with Gasteiger partial charge in [0.05, 0.1) is 11.7 Å². The van der Waals surface area contributed by atoms with Crippen LogP contribution >= 0.6 is 15.9 Å². The Kier molecular flexibility index (Phi) is 8.40. The summed E-state index contributed by atoms with van der Waals surface area (Å²) in [4.78, 5) is 17.5. The van der Waals surface area contributed by atoms with E-state index < -0.39 is 44.0 Å². The third kappa shape index (κ3) is 7.29. The predicted octanol–water partition coefficient (Wildman–Crippen LogP) is 5.59. The second kappa shape index (κ2) is 10.7. The highest BCUT2D eigenvalue weighted by molar-refractivity contribution is 9.10. The van der Waals surface area contributed by atoms with Gasteiger partial charge in [0.1, 0.15) is 27.7 Å². The van der Waals surface area contributed by atoms with Crippen LogP contribution in [0.25, 0.3) is 0 Å². The Hall–Kier alpha value is -2.51. The van der Waals surface area contributed by atoms with E-state index in [9.17, 15) is 22.0 Å².